The molecule has 194 valence electrons. The number of aryl methyl sites for hydroxylation is 1. The minimum absolute atomic E-state index is 0.0256. The van der Waals surface area contributed by atoms with Crippen molar-refractivity contribution in [2.75, 3.05) is 19.6 Å². The number of hydrogen-bond donors (Lipinski definition) is 1. The second-order valence-corrected chi connectivity index (χ2v) is 11.9. The molecule has 3 fully saturated rings. The number of rotatable bonds is 5. The Labute approximate surface area is 218 Å². The summed E-state index contributed by atoms with van der Waals surface area (Å²) in [6.07, 6.45) is 3.38. The Bertz CT molecular complexity index is 1140. The van der Waals surface area contributed by atoms with Crippen LogP contribution < -0.4 is 10.1 Å². The Morgan fingerprint density at radius 2 is 1.92 bits per heavy atom. The lowest BCUT2D eigenvalue weighted by molar-refractivity contribution is -0.0353. The number of alkyl carbamates (subject to hydrolysis) is 1. The third-order valence-electron chi connectivity index (χ3n) is 8.08. The molecule has 0 spiro atoms. The first kappa shape index (κ1) is 25.3. The summed E-state index contributed by atoms with van der Waals surface area (Å²) >= 11 is 6.54. The molecule has 1 amide bonds. The molecule has 5 nitrogen and oxygen atoms in total. The zero-order chi connectivity index (χ0) is 25.6. The molecule has 3 heterocycles. The number of halogens is 2. The van der Waals surface area contributed by atoms with Crippen LogP contribution in [0.5, 0.6) is 5.75 Å². The molecule has 0 aromatic heterocycles. The maximum atomic E-state index is 15.6. The Balaban J connectivity index is 1.38. The average molecular weight is 515 g/mol. The predicted octanol–water partition coefficient (Wildman–Crippen LogP) is 6.77. The molecule has 0 saturated carbocycles. The lowest BCUT2D eigenvalue weighted by atomic mass is 9.70. The number of nitrogens with one attached hydrogen (secondary N) is 1. The molecule has 2 aromatic rings. The van der Waals surface area contributed by atoms with Gasteiger partial charge >= 0.3 is 6.09 Å². The maximum Gasteiger partial charge on any atom is 0.407 e. The highest BCUT2D eigenvalue weighted by Crippen LogP contribution is 2.46. The number of fused-ring (bicyclic) bond motifs is 4. The largest absolute Gasteiger partial charge is 0.491 e. The van der Waals surface area contributed by atoms with Crippen LogP contribution in [-0.2, 0) is 11.2 Å². The first-order valence-corrected chi connectivity index (χ1v) is 13.5. The second-order valence-electron chi connectivity index (χ2n) is 11.5. The smallest absolute Gasteiger partial charge is 0.407 e. The Morgan fingerprint density at radius 1 is 1.17 bits per heavy atom. The van der Waals surface area contributed by atoms with Crippen molar-refractivity contribution < 1.29 is 18.7 Å². The molecule has 0 unspecified atom stereocenters. The van der Waals surface area contributed by atoms with Gasteiger partial charge in [-0.15, -0.1) is 0 Å². The van der Waals surface area contributed by atoms with Crippen molar-refractivity contribution >= 4 is 17.7 Å². The van der Waals surface area contributed by atoms with E-state index in [1.807, 2.05) is 26.0 Å². The summed E-state index contributed by atoms with van der Waals surface area (Å²) in [5.74, 6) is 0.738. The van der Waals surface area contributed by atoms with Crippen molar-refractivity contribution in [2.24, 2.45) is 11.3 Å². The lowest BCUT2D eigenvalue weighted by Crippen LogP contribution is -2.53. The van der Waals surface area contributed by atoms with E-state index in [2.05, 4.69) is 24.1 Å². The molecule has 2 aromatic carbocycles. The molecule has 4 aliphatic rings. The molecule has 6 rings (SSSR count). The fourth-order valence-corrected chi connectivity index (χ4v) is 6.29. The minimum Gasteiger partial charge on any atom is -0.491 e. The van der Waals surface area contributed by atoms with Gasteiger partial charge in [0, 0.05) is 17.7 Å². The molecule has 7 heteroatoms. The van der Waals surface area contributed by atoms with Crippen LogP contribution in [0, 0.1) is 17.2 Å². The monoisotopic (exact) mass is 514 g/mol. The lowest BCUT2D eigenvalue weighted by Gasteiger charge is -2.44. The van der Waals surface area contributed by atoms with Crippen molar-refractivity contribution in [3.8, 4) is 16.9 Å². The molecule has 2 bridgehead atoms. The molecular weight excluding hydrogens is 479 g/mol. The van der Waals surface area contributed by atoms with Crippen LogP contribution >= 0.6 is 11.6 Å². The van der Waals surface area contributed by atoms with E-state index < -0.39 is 6.09 Å². The fraction of sp³-hybridized carbons (Fsp3) is 0.552. The molecule has 3 aliphatic heterocycles. The Morgan fingerprint density at radius 3 is 2.56 bits per heavy atom. The van der Waals surface area contributed by atoms with Gasteiger partial charge in [-0.3, -0.25) is 4.90 Å². The first-order valence-electron chi connectivity index (χ1n) is 13.1. The average Bonchev–Trinajstić information content (AvgIpc) is 2.82. The van der Waals surface area contributed by atoms with Gasteiger partial charge in [0.1, 0.15) is 17.7 Å². The number of hydrogen-bond acceptors (Lipinski definition) is 4. The number of ether oxygens (including phenoxy) is 2. The van der Waals surface area contributed by atoms with E-state index in [1.54, 1.807) is 18.2 Å². The van der Waals surface area contributed by atoms with Crippen LogP contribution in [0.15, 0.2) is 30.3 Å². The molecule has 36 heavy (non-hydrogen) atoms. The van der Waals surface area contributed by atoms with E-state index >= 15 is 4.39 Å². The summed E-state index contributed by atoms with van der Waals surface area (Å²) in [5.41, 5.74) is 2.70. The SMILES string of the molecule is CC(C)Oc1ccc(-c2cc3c(cc2F)[C@H](NC(=O)O[C@H]2CN4CCC2CC4)C(C)(C)CC3)c(Cl)c1. The number of benzene rings is 2. The second kappa shape index (κ2) is 9.86. The van der Waals surface area contributed by atoms with Gasteiger partial charge in [-0.2, -0.15) is 0 Å². The minimum atomic E-state index is -0.409. The van der Waals surface area contributed by atoms with Crippen molar-refractivity contribution in [3.05, 3.63) is 52.3 Å². The number of amides is 1. The third kappa shape index (κ3) is 5.08. The van der Waals surface area contributed by atoms with E-state index in [0.29, 0.717) is 27.8 Å². The van der Waals surface area contributed by atoms with E-state index in [-0.39, 0.29) is 29.5 Å². The highest BCUT2D eigenvalue weighted by Gasteiger charge is 2.40. The van der Waals surface area contributed by atoms with E-state index in [9.17, 15) is 4.79 Å². The maximum absolute atomic E-state index is 15.6. The van der Waals surface area contributed by atoms with Crippen molar-refractivity contribution in [2.45, 2.75) is 71.6 Å². The van der Waals surface area contributed by atoms with Gasteiger partial charge in [-0.1, -0.05) is 25.4 Å². The van der Waals surface area contributed by atoms with Gasteiger partial charge in [0.25, 0.3) is 0 Å². The highest BCUT2D eigenvalue weighted by molar-refractivity contribution is 6.33. The van der Waals surface area contributed by atoms with E-state index in [0.717, 1.165) is 56.4 Å². The molecule has 3 saturated heterocycles. The van der Waals surface area contributed by atoms with Gasteiger partial charge in [0.2, 0.25) is 0 Å². The van der Waals surface area contributed by atoms with Crippen molar-refractivity contribution in [1.29, 1.82) is 0 Å². The highest BCUT2D eigenvalue weighted by atomic mass is 35.5. The van der Waals surface area contributed by atoms with Crippen LogP contribution in [0.2, 0.25) is 5.02 Å². The standard InChI is InChI=1S/C29H36ClFN2O3/c1-17(2)35-20-5-6-21(24(30)14-20)23-13-19-7-10-29(3,4)27(22(19)15-25(23)31)32-28(34)36-26-16-33-11-8-18(26)9-12-33/h5-6,13-15,17-18,26-27H,7-12,16H2,1-4H3,(H,32,34)/t26-,27-/m0/s1. The number of carbonyl (C=O) groups excluding carboxylic acids is 1. The van der Waals surface area contributed by atoms with Crippen LogP contribution in [0.3, 0.4) is 0 Å². The topological polar surface area (TPSA) is 50.8 Å². The van der Waals surface area contributed by atoms with Crippen molar-refractivity contribution in [1.82, 2.24) is 10.2 Å². The van der Waals surface area contributed by atoms with Crippen LogP contribution in [-0.4, -0.2) is 42.8 Å². The molecule has 2 atom stereocenters. The van der Waals surface area contributed by atoms with Gasteiger partial charge in [-0.05, 0) is 105 Å². The molecule has 1 aliphatic carbocycles. The summed E-state index contributed by atoms with van der Waals surface area (Å²) in [7, 11) is 0. The van der Waals surface area contributed by atoms with E-state index in [4.69, 9.17) is 21.1 Å². The zero-order valence-corrected chi connectivity index (χ0v) is 22.3. The van der Waals surface area contributed by atoms with Gasteiger partial charge in [-0.25, -0.2) is 9.18 Å². The normalized spacial score (nSPS) is 26.4. The van der Waals surface area contributed by atoms with Crippen molar-refractivity contribution in [3.63, 3.8) is 0 Å². The number of carbonyl (C=O) groups is 1. The predicted molar refractivity (Wildman–Crippen MR) is 140 cm³/mol. The first-order chi connectivity index (χ1) is 17.1. The van der Waals surface area contributed by atoms with Gasteiger partial charge in [0.15, 0.2) is 0 Å². The summed E-state index contributed by atoms with van der Waals surface area (Å²) < 4.78 is 27.2. The summed E-state index contributed by atoms with van der Waals surface area (Å²) in [6.45, 7) is 11.1. The molecule has 0 radical (unpaired) electrons. The summed E-state index contributed by atoms with van der Waals surface area (Å²) in [5, 5.41) is 3.55. The van der Waals surface area contributed by atoms with Crippen LogP contribution in [0.4, 0.5) is 9.18 Å². The summed E-state index contributed by atoms with van der Waals surface area (Å²) in [4.78, 5) is 15.4. The third-order valence-corrected chi connectivity index (χ3v) is 8.39. The Kier molecular flexibility index (Phi) is 6.94. The molecular formula is C29H36ClFN2O3. The van der Waals surface area contributed by atoms with Crippen LogP contribution in [0.25, 0.3) is 11.1 Å². The van der Waals surface area contributed by atoms with E-state index in [1.165, 1.54) is 0 Å². The van der Waals surface area contributed by atoms with Gasteiger partial charge in [0.05, 0.1) is 17.2 Å². The fourth-order valence-electron chi connectivity index (χ4n) is 6.01. The van der Waals surface area contributed by atoms with Crippen LogP contribution in [0.1, 0.15) is 64.1 Å². The molecule has 1 N–H and O–H groups in total. The summed E-state index contributed by atoms with van der Waals surface area (Å²) in [6, 6.07) is 8.47. The number of nitrogens with zero attached hydrogens (tertiary/aromatic N) is 1. The number of piperidine rings is 3. The van der Waals surface area contributed by atoms with Gasteiger partial charge < -0.3 is 14.8 Å². The zero-order valence-electron chi connectivity index (χ0n) is 21.6. The quantitative estimate of drug-likeness (QED) is 0.478. The Hall–Kier alpha value is -2.31.